The summed E-state index contributed by atoms with van der Waals surface area (Å²) in [6, 6.07) is 15.8. The Morgan fingerprint density at radius 2 is 1.73 bits per heavy atom. The molecule has 3 aromatic rings. The topological polar surface area (TPSA) is 37.8 Å². The average molecular weight is 345 g/mol. The van der Waals surface area contributed by atoms with Gasteiger partial charge < -0.3 is 5.32 Å². The lowest BCUT2D eigenvalue weighted by Gasteiger charge is -2.29. The highest BCUT2D eigenvalue weighted by molar-refractivity contribution is 5.72. The van der Waals surface area contributed by atoms with Crippen LogP contribution in [-0.4, -0.2) is 16.0 Å². The van der Waals surface area contributed by atoms with E-state index in [9.17, 15) is 4.39 Å². The first kappa shape index (κ1) is 15.5. The first-order chi connectivity index (χ1) is 12.8. The van der Waals surface area contributed by atoms with Gasteiger partial charge >= 0.3 is 0 Å². The van der Waals surface area contributed by atoms with E-state index in [2.05, 4.69) is 22.4 Å². The minimum Gasteiger partial charge on any atom is -0.351 e. The Hall–Kier alpha value is -2.75. The van der Waals surface area contributed by atoms with Crippen molar-refractivity contribution in [3.05, 3.63) is 77.2 Å². The van der Waals surface area contributed by atoms with Crippen molar-refractivity contribution in [3.63, 3.8) is 0 Å². The molecule has 5 rings (SSSR count). The van der Waals surface area contributed by atoms with Crippen LogP contribution < -0.4 is 5.32 Å². The molecule has 0 bridgehead atoms. The van der Waals surface area contributed by atoms with E-state index < -0.39 is 0 Å². The molecular weight excluding hydrogens is 325 g/mol. The Balaban J connectivity index is 1.59. The summed E-state index contributed by atoms with van der Waals surface area (Å²) < 4.78 is 14.5. The Labute approximate surface area is 152 Å². The summed E-state index contributed by atoms with van der Waals surface area (Å²) in [5.41, 5.74) is 5.02. The van der Waals surface area contributed by atoms with Crippen molar-refractivity contribution in [2.45, 2.75) is 37.6 Å². The fourth-order valence-corrected chi connectivity index (χ4v) is 3.98. The molecule has 1 saturated carbocycles. The zero-order valence-corrected chi connectivity index (χ0v) is 14.5. The molecule has 0 spiro atoms. The van der Waals surface area contributed by atoms with E-state index in [-0.39, 0.29) is 11.7 Å². The van der Waals surface area contributed by atoms with Crippen LogP contribution in [0.15, 0.2) is 54.7 Å². The second-order valence-electron chi connectivity index (χ2n) is 7.21. The van der Waals surface area contributed by atoms with E-state index in [1.54, 1.807) is 6.07 Å². The van der Waals surface area contributed by atoms with Crippen LogP contribution in [0, 0.1) is 5.82 Å². The van der Waals surface area contributed by atoms with Crippen molar-refractivity contribution in [1.29, 1.82) is 0 Å². The number of halogens is 1. The van der Waals surface area contributed by atoms with Gasteiger partial charge in [0.15, 0.2) is 0 Å². The standard InChI is InChI=1S/C22H20FN3/c23-20-11-4-3-9-17(20)19-12-14-13-24-22(25-15-6-5-7-15)26-21(14)18-10-2-1-8-16(18)19/h1-4,8-11,13,15,19H,5-7,12H2,(H,24,25,26). The summed E-state index contributed by atoms with van der Waals surface area (Å²) in [6.07, 6.45) is 6.28. The number of hydrogen-bond donors (Lipinski definition) is 1. The fraction of sp³-hybridized carbons (Fsp3) is 0.273. The van der Waals surface area contributed by atoms with E-state index in [0.29, 0.717) is 12.0 Å². The number of nitrogens with zero attached hydrogens (tertiary/aromatic N) is 2. The van der Waals surface area contributed by atoms with Crippen LogP contribution in [0.2, 0.25) is 0 Å². The summed E-state index contributed by atoms with van der Waals surface area (Å²) in [7, 11) is 0. The molecule has 1 atom stereocenters. The van der Waals surface area contributed by atoms with Crippen LogP contribution in [-0.2, 0) is 6.42 Å². The molecule has 0 amide bonds. The quantitative estimate of drug-likeness (QED) is 0.731. The van der Waals surface area contributed by atoms with Crippen LogP contribution in [0.4, 0.5) is 10.3 Å². The van der Waals surface area contributed by atoms with Gasteiger partial charge in [0.25, 0.3) is 0 Å². The van der Waals surface area contributed by atoms with Gasteiger partial charge in [-0.1, -0.05) is 42.5 Å². The molecule has 130 valence electrons. The van der Waals surface area contributed by atoms with Gasteiger partial charge in [0.05, 0.1) is 5.69 Å². The predicted octanol–water partition coefficient (Wildman–Crippen LogP) is 4.94. The van der Waals surface area contributed by atoms with Crippen LogP contribution in [0.3, 0.4) is 0 Å². The van der Waals surface area contributed by atoms with Gasteiger partial charge in [-0.15, -0.1) is 0 Å². The maximum atomic E-state index is 14.5. The normalized spacial score (nSPS) is 18.6. The number of rotatable bonds is 3. The van der Waals surface area contributed by atoms with Crippen molar-refractivity contribution in [2.75, 3.05) is 5.32 Å². The molecule has 2 aliphatic rings. The third-order valence-corrected chi connectivity index (χ3v) is 5.60. The highest BCUT2D eigenvalue weighted by atomic mass is 19.1. The van der Waals surface area contributed by atoms with Crippen LogP contribution in [0.25, 0.3) is 11.3 Å². The van der Waals surface area contributed by atoms with Crippen LogP contribution >= 0.6 is 0 Å². The Bertz CT molecular complexity index is 965. The molecule has 1 fully saturated rings. The van der Waals surface area contributed by atoms with Gasteiger partial charge in [0.2, 0.25) is 5.95 Å². The van der Waals surface area contributed by atoms with Gasteiger partial charge in [0.1, 0.15) is 5.82 Å². The first-order valence-corrected chi connectivity index (χ1v) is 9.26. The van der Waals surface area contributed by atoms with Crippen LogP contribution in [0.1, 0.15) is 41.9 Å². The summed E-state index contributed by atoms with van der Waals surface area (Å²) in [5, 5.41) is 3.43. The highest BCUT2D eigenvalue weighted by Gasteiger charge is 2.29. The average Bonchev–Trinajstić information content (AvgIpc) is 2.65. The molecule has 0 saturated heterocycles. The molecule has 4 heteroatoms. The molecule has 2 aromatic carbocycles. The van der Waals surface area contributed by atoms with Crippen molar-refractivity contribution in [3.8, 4) is 11.3 Å². The molecule has 1 unspecified atom stereocenters. The van der Waals surface area contributed by atoms with E-state index in [1.807, 2.05) is 30.5 Å². The lowest BCUT2D eigenvalue weighted by Crippen LogP contribution is -2.28. The number of fused-ring (bicyclic) bond motifs is 3. The number of hydrogen-bond acceptors (Lipinski definition) is 3. The molecule has 1 N–H and O–H groups in total. The van der Waals surface area contributed by atoms with Crippen molar-refractivity contribution >= 4 is 5.95 Å². The number of benzene rings is 2. The van der Waals surface area contributed by atoms with Gasteiger partial charge in [-0.25, -0.2) is 14.4 Å². The second kappa shape index (κ2) is 6.20. The zero-order chi connectivity index (χ0) is 17.5. The van der Waals surface area contributed by atoms with Crippen molar-refractivity contribution < 1.29 is 4.39 Å². The lowest BCUT2D eigenvalue weighted by atomic mass is 9.78. The monoisotopic (exact) mass is 345 g/mol. The molecule has 0 aliphatic heterocycles. The van der Waals surface area contributed by atoms with Gasteiger partial charge in [0, 0.05) is 23.7 Å². The first-order valence-electron chi connectivity index (χ1n) is 9.26. The van der Waals surface area contributed by atoms with Gasteiger partial charge in [-0.05, 0) is 48.4 Å². The Morgan fingerprint density at radius 1 is 0.962 bits per heavy atom. The lowest BCUT2D eigenvalue weighted by molar-refractivity contribution is 0.443. The minimum absolute atomic E-state index is 0.00561. The molecule has 0 radical (unpaired) electrons. The van der Waals surface area contributed by atoms with Gasteiger partial charge in [-0.2, -0.15) is 0 Å². The maximum Gasteiger partial charge on any atom is 0.223 e. The summed E-state index contributed by atoms with van der Waals surface area (Å²) in [5.74, 6) is 0.543. The zero-order valence-electron chi connectivity index (χ0n) is 14.5. The molecule has 26 heavy (non-hydrogen) atoms. The Kier molecular flexibility index (Phi) is 3.70. The Morgan fingerprint density at radius 3 is 2.50 bits per heavy atom. The van der Waals surface area contributed by atoms with E-state index in [0.717, 1.165) is 34.4 Å². The van der Waals surface area contributed by atoms with Crippen LogP contribution in [0.5, 0.6) is 0 Å². The highest BCUT2D eigenvalue weighted by Crippen LogP contribution is 2.42. The third-order valence-electron chi connectivity index (χ3n) is 5.60. The third kappa shape index (κ3) is 2.57. The molecule has 1 heterocycles. The summed E-state index contributed by atoms with van der Waals surface area (Å²) >= 11 is 0. The summed E-state index contributed by atoms with van der Waals surface area (Å²) in [6.45, 7) is 0. The van der Waals surface area contributed by atoms with E-state index in [4.69, 9.17) is 4.98 Å². The predicted molar refractivity (Wildman–Crippen MR) is 101 cm³/mol. The van der Waals surface area contributed by atoms with Crippen molar-refractivity contribution in [2.24, 2.45) is 0 Å². The fourth-order valence-electron chi connectivity index (χ4n) is 3.98. The largest absolute Gasteiger partial charge is 0.351 e. The van der Waals surface area contributed by atoms with Crippen molar-refractivity contribution in [1.82, 2.24) is 9.97 Å². The summed E-state index contributed by atoms with van der Waals surface area (Å²) in [4.78, 5) is 9.33. The second-order valence-corrected chi connectivity index (χ2v) is 7.21. The van der Waals surface area contributed by atoms with E-state index in [1.165, 1.54) is 25.3 Å². The SMILES string of the molecule is Fc1ccccc1C1Cc2cnc(NC3CCC3)nc2-c2ccccc21. The smallest absolute Gasteiger partial charge is 0.223 e. The number of nitrogens with one attached hydrogen (secondary N) is 1. The molecule has 3 nitrogen and oxygen atoms in total. The molecule has 1 aromatic heterocycles. The molecule has 2 aliphatic carbocycles. The minimum atomic E-state index is -0.153. The number of anilines is 1. The molecular formula is C22H20FN3. The van der Waals surface area contributed by atoms with E-state index >= 15 is 0 Å². The number of aromatic nitrogens is 2. The maximum absolute atomic E-state index is 14.5. The van der Waals surface area contributed by atoms with Gasteiger partial charge in [-0.3, -0.25) is 0 Å².